The number of esters is 1. The van der Waals surface area contributed by atoms with Crippen LogP contribution in [-0.2, 0) is 4.74 Å². The lowest BCUT2D eigenvalue weighted by atomic mass is 10.2. The van der Waals surface area contributed by atoms with Gasteiger partial charge in [0, 0.05) is 6.20 Å². The molecule has 1 aromatic heterocycles. The largest absolute Gasteiger partial charge is 0.478 e. The molecule has 0 radical (unpaired) electrons. The Labute approximate surface area is 74.0 Å². The van der Waals surface area contributed by atoms with Crippen molar-refractivity contribution >= 4 is 11.9 Å². The fourth-order valence-electron chi connectivity index (χ4n) is 0.746. The minimum Gasteiger partial charge on any atom is -0.478 e. The molecule has 0 aliphatic rings. The van der Waals surface area contributed by atoms with Crippen molar-refractivity contribution in [3.05, 3.63) is 29.6 Å². The molecule has 0 unspecified atom stereocenters. The Morgan fingerprint density at radius 3 is 2.54 bits per heavy atom. The number of hydrogen-bond acceptors (Lipinski definition) is 4. The second-order valence-electron chi connectivity index (χ2n) is 2.23. The molecule has 0 spiro atoms. The number of methoxy groups -OCH3 is 1. The first-order chi connectivity index (χ1) is 6.15. The maximum atomic E-state index is 10.9. The van der Waals surface area contributed by atoms with Crippen molar-refractivity contribution in [3.8, 4) is 0 Å². The van der Waals surface area contributed by atoms with Crippen LogP contribution in [0.4, 0.5) is 0 Å². The number of carbonyl (C=O) groups excluding carboxylic acids is 1. The van der Waals surface area contributed by atoms with E-state index in [-0.39, 0.29) is 11.3 Å². The first kappa shape index (κ1) is 9.18. The Bertz CT molecular complexity index is 331. The summed E-state index contributed by atoms with van der Waals surface area (Å²) in [5.74, 6) is -1.67. The molecule has 1 N–H and O–H groups in total. The number of hydrogen-bond donors (Lipinski definition) is 1. The Morgan fingerprint density at radius 1 is 1.46 bits per heavy atom. The molecule has 0 aromatic carbocycles. The summed E-state index contributed by atoms with van der Waals surface area (Å²) in [4.78, 5) is 24.9. The van der Waals surface area contributed by atoms with E-state index < -0.39 is 11.9 Å². The summed E-state index contributed by atoms with van der Waals surface area (Å²) in [6.07, 6.45) is 1.11. The fourth-order valence-corrected chi connectivity index (χ4v) is 0.746. The zero-order valence-electron chi connectivity index (χ0n) is 6.85. The summed E-state index contributed by atoms with van der Waals surface area (Å²) < 4.78 is 4.39. The van der Waals surface area contributed by atoms with Gasteiger partial charge in [0.15, 0.2) is 0 Å². The first-order valence-corrected chi connectivity index (χ1v) is 3.43. The molecule has 0 aliphatic carbocycles. The molecule has 5 nitrogen and oxygen atoms in total. The molecule has 0 fully saturated rings. The van der Waals surface area contributed by atoms with Crippen molar-refractivity contribution in [2.24, 2.45) is 0 Å². The van der Waals surface area contributed by atoms with Crippen LogP contribution >= 0.6 is 0 Å². The molecule has 0 atom stereocenters. The summed E-state index contributed by atoms with van der Waals surface area (Å²) in [6, 6.07) is 2.59. The summed E-state index contributed by atoms with van der Waals surface area (Å²) >= 11 is 0. The lowest BCUT2D eigenvalue weighted by Crippen LogP contribution is -2.05. The molecule has 13 heavy (non-hydrogen) atoms. The molecular formula is C8H7NO4. The third kappa shape index (κ3) is 2.02. The highest BCUT2D eigenvalue weighted by atomic mass is 16.5. The minimum atomic E-state index is -1.08. The summed E-state index contributed by atoms with van der Waals surface area (Å²) in [7, 11) is 1.23. The molecule has 0 saturated heterocycles. The summed E-state index contributed by atoms with van der Waals surface area (Å²) in [5, 5.41) is 8.52. The van der Waals surface area contributed by atoms with E-state index in [1.54, 1.807) is 0 Å². The summed E-state index contributed by atoms with van der Waals surface area (Å²) in [6.45, 7) is 0. The van der Waals surface area contributed by atoms with E-state index >= 15 is 0 Å². The van der Waals surface area contributed by atoms with Gasteiger partial charge in [0.2, 0.25) is 0 Å². The van der Waals surface area contributed by atoms with Crippen molar-refractivity contribution < 1.29 is 19.4 Å². The smallest absolute Gasteiger partial charge is 0.356 e. The maximum absolute atomic E-state index is 10.9. The van der Waals surface area contributed by atoms with Crippen LogP contribution in [0.1, 0.15) is 20.8 Å². The molecule has 68 valence electrons. The van der Waals surface area contributed by atoms with Gasteiger partial charge in [-0.25, -0.2) is 14.6 Å². The predicted molar refractivity (Wildman–Crippen MR) is 42.5 cm³/mol. The second kappa shape index (κ2) is 3.66. The van der Waals surface area contributed by atoms with Gasteiger partial charge < -0.3 is 9.84 Å². The quantitative estimate of drug-likeness (QED) is 0.675. The zero-order chi connectivity index (χ0) is 9.84. The van der Waals surface area contributed by atoms with E-state index in [0.717, 1.165) is 6.20 Å². The van der Waals surface area contributed by atoms with Gasteiger partial charge in [-0.15, -0.1) is 0 Å². The van der Waals surface area contributed by atoms with Crippen molar-refractivity contribution in [1.29, 1.82) is 0 Å². The van der Waals surface area contributed by atoms with Crippen LogP contribution in [0.5, 0.6) is 0 Å². The Hall–Kier alpha value is -1.91. The highest BCUT2D eigenvalue weighted by Crippen LogP contribution is 2.01. The molecule has 1 rings (SSSR count). The molecule has 0 bridgehead atoms. The number of pyridine rings is 1. The van der Waals surface area contributed by atoms with Crippen LogP contribution in [0, 0.1) is 0 Å². The third-order valence-electron chi connectivity index (χ3n) is 1.40. The molecule has 1 aromatic rings. The number of carboxylic acids is 1. The van der Waals surface area contributed by atoms with Gasteiger partial charge in [-0.3, -0.25) is 0 Å². The normalized spacial score (nSPS) is 9.31. The van der Waals surface area contributed by atoms with Gasteiger partial charge in [-0.2, -0.15) is 0 Å². The van der Waals surface area contributed by atoms with Crippen LogP contribution in [0.15, 0.2) is 18.3 Å². The Balaban J connectivity index is 2.93. The lowest BCUT2D eigenvalue weighted by Gasteiger charge is -1.97. The standard InChI is InChI=1S/C8H7NO4/c1-13-8(12)6-3-2-5(4-9-6)7(10)11/h2-4H,1H3,(H,10,11). The van der Waals surface area contributed by atoms with Crippen LogP contribution in [0.3, 0.4) is 0 Å². The zero-order valence-corrected chi connectivity index (χ0v) is 6.85. The van der Waals surface area contributed by atoms with Gasteiger partial charge >= 0.3 is 11.9 Å². The topological polar surface area (TPSA) is 76.5 Å². The number of nitrogens with zero attached hydrogens (tertiary/aromatic N) is 1. The first-order valence-electron chi connectivity index (χ1n) is 3.43. The number of aromatic carboxylic acids is 1. The highest BCUT2D eigenvalue weighted by Gasteiger charge is 2.08. The van der Waals surface area contributed by atoms with Gasteiger partial charge in [0.25, 0.3) is 0 Å². The van der Waals surface area contributed by atoms with Crippen molar-refractivity contribution in [2.75, 3.05) is 7.11 Å². The van der Waals surface area contributed by atoms with Crippen molar-refractivity contribution in [2.45, 2.75) is 0 Å². The van der Waals surface area contributed by atoms with Crippen LogP contribution in [0.25, 0.3) is 0 Å². The monoisotopic (exact) mass is 181 g/mol. The van der Waals surface area contributed by atoms with Crippen molar-refractivity contribution in [3.63, 3.8) is 0 Å². The molecule has 0 amide bonds. The van der Waals surface area contributed by atoms with Crippen LogP contribution in [0.2, 0.25) is 0 Å². The number of carboxylic acid groups (broad SMARTS) is 1. The lowest BCUT2D eigenvalue weighted by molar-refractivity contribution is 0.0591. The van der Waals surface area contributed by atoms with E-state index in [1.165, 1.54) is 19.2 Å². The average molecular weight is 181 g/mol. The Morgan fingerprint density at radius 2 is 2.15 bits per heavy atom. The fraction of sp³-hybridized carbons (Fsp3) is 0.125. The van der Waals surface area contributed by atoms with E-state index in [9.17, 15) is 9.59 Å². The molecule has 1 heterocycles. The summed E-state index contributed by atoms with van der Waals surface area (Å²) in [5.41, 5.74) is 0.125. The highest BCUT2D eigenvalue weighted by molar-refractivity contribution is 5.90. The van der Waals surface area contributed by atoms with E-state index in [4.69, 9.17) is 5.11 Å². The molecular weight excluding hydrogens is 174 g/mol. The molecule has 0 saturated carbocycles. The van der Waals surface area contributed by atoms with E-state index in [2.05, 4.69) is 9.72 Å². The minimum absolute atomic E-state index is 0.0349. The predicted octanol–water partition coefficient (Wildman–Crippen LogP) is 0.566. The SMILES string of the molecule is COC(=O)c1ccc(C(=O)O)cn1. The van der Waals surface area contributed by atoms with Crippen LogP contribution in [-0.4, -0.2) is 29.1 Å². The number of aromatic nitrogens is 1. The molecule has 5 heteroatoms. The van der Waals surface area contributed by atoms with Gasteiger partial charge in [-0.05, 0) is 12.1 Å². The van der Waals surface area contributed by atoms with Crippen molar-refractivity contribution in [1.82, 2.24) is 4.98 Å². The van der Waals surface area contributed by atoms with Gasteiger partial charge in [0.1, 0.15) is 5.69 Å². The number of carbonyl (C=O) groups is 2. The third-order valence-corrected chi connectivity index (χ3v) is 1.40. The number of rotatable bonds is 2. The van der Waals surface area contributed by atoms with Gasteiger partial charge in [0.05, 0.1) is 12.7 Å². The average Bonchev–Trinajstić information content (AvgIpc) is 2.17. The van der Waals surface area contributed by atoms with Crippen LogP contribution < -0.4 is 0 Å². The maximum Gasteiger partial charge on any atom is 0.356 e. The van der Waals surface area contributed by atoms with E-state index in [1.807, 2.05) is 0 Å². The number of ether oxygens (including phenoxy) is 1. The molecule has 0 aliphatic heterocycles. The Kier molecular flexibility index (Phi) is 2.59. The van der Waals surface area contributed by atoms with Gasteiger partial charge in [-0.1, -0.05) is 0 Å². The second-order valence-corrected chi connectivity index (χ2v) is 2.23. The van der Waals surface area contributed by atoms with E-state index in [0.29, 0.717) is 0 Å².